The third-order valence-electron chi connectivity index (χ3n) is 7.26. The maximum Gasteiger partial charge on any atom is 0.225 e. The van der Waals surface area contributed by atoms with Crippen molar-refractivity contribution in [3.8, 4) is 12.1 Å². The third-order valence-corrected chi connectivity index (χ3v) is 7.26. The molecule has 1 aliphatic heterocycles. The van der Waals surface area contributed by atoms with E-state index in [4.69, 9.17) is 5.26 Å². The molecule has 0 bridgehead atoms. The number of hydrogen-bond acceptors (Lipinski definition) is 6. The largest absolute Gasteiger partial charge is 0.367 e. The fourth-order valence-corrected chi connectivity index (χ4v) is 5.41. The highest BCUT2D eigenvalue weighted by atomic mass is 16.2. The molecule has 1 amide bonds. The highest BCUT2D eigenvalue weighted by molar-refractivity contribution is 6.05. The first kappa shape index (κ1) is 21.2. The summed E-state index contributed by atoms with van der Waals surface area (Å²) in [5.41, 5.74) is 5.48. The van der Waals surface area contributed by atoms with E-state index in [1.165, 1.54) is 0 Å². The van der Waals surface area contributed by atoms with E-state index in [9.17, 15) is 10.1 Å². The van der Waals surface area contributed by atoms with E-state index in [-0.39, 0.29) is 17.7 Å². The van der Waals surface area contributed by atoms with Crippen molar-refractivity contribution in [3.05, 3.63) is 41.5 Å². The van der Waals surface area contributed by atoms with Crippen molar-refractivity contribution < 1.29 is 4.79 Å². The van der Waals surface area contributed by atoms with Crippen LogP contribution in [0.1, 0.15) is 42.5 Å². The molecule has 0 spiro atoms. The zero-order valence-corrected chi connectivity index (χ0v) is 18.9. The van der Waals surface area contributed by atoms with Crippen molar-refractivity contribution in [1.29, 1.82) is 10.5 Å². The topological polar surface area (TPSA) is 102 Å². The molecule has 2 aliphatic carbocycles. The first-order valence-electron chi connectivity index (χ1n) is 11.6. The van der Waals surface area contributed by atoms with Crippen LogP contribution in [-0.2, 0) is 18.3 Å². The molecule has 3 heterocycles. The van der Waals surface area contributed by atoms with Crippen LogP contribution in [0.2, 0.25) is 0 Å². The summed E-state index contributed by atoms with van der Waals surface area (Å²) in [5, 5.41) is 23.4. The van der Waals surface area contributed by atoms with Gasteiger partial charge in [0.2, 0.25) is 5.91 Å². The molecule has 1 saturated heterocycles. The highest BCUT2D eigenvalue weighted by Crippen LogP contribution is 2.42. The monoisotopic (exact) mass is 441 g/mol. The normalized spacial score (nSPS) is 22.6. The summed E-state index contributed by atoms with van der Waals surface area (Å²) in [4.78, 5) is 21.9. The zero-order valence-electron chi connectivity index (χ0n) is 18.9. The first-order valence-corrected chi connectivity index (χ1v) is 11.6. The van der Waals surface area contributed by atoms with Crippen molar-refractivity contribution in [1.82, 2.24) is 19.7 Å². The highest BCUT2D eigenvalue weighted by Gasteiger charge is 2.33. The molecule has 0 aromatic carbocycles. The molecular formula is C25H27N7O. The Balaban J connectivity index is 1.32. The van der Waals surface area contributed by atoms with Gasteiger partial charge in [-0.25, -0.2) is 0 Å². The van der Waals surface area contributed by atoms with E-state index in [0.29, 0.717) is 25.1 Å². The molecule has 2 aromatic rings. The van der Waals surface area contributed by atoms with Gasteiger partial charge in [0.25, 0.3) is 0 Å². The lowest BCUT2D eigenvalue weighted by Crippen LogP contribution is -2.51. The van der Waals surface area contributed by atoms with Gasteiger partial charge in [0, 0.05) is 80.7 Å². The van der Waals surface area contributed by atoms with E-state index < -0.39 is 0 Å². The van der Waals surface area contributed by atoms with Crippen LogP contribution >= 0.6 is 0 Å². The van der Waals surface area contributed by atoms with Gasteiger partial charge in [-0.15, -0.1) is 0 Å². The van der Waals surface area contributed by atoms with E-state index in [2.05, 4.69) is 27.1 Å². The maximum atomic E-state index is 13.0. The minimum Gasteiger partial charge on any atom is -0.367 e. The molecule has 2 fully saturated rings. The summed E-state index contributed by atoms with van der Waals surface area (Å²) < 4.78 is 1.75. The van der Waals surface area contributed by atoms with Gasteiger partial charge in [-0.2, -0.15) is 15.6 Å². The van der Waals surface area contributed by atoms with Gasteiger partial charge in [0.15, 0.2) is 0 Å². The van der Waals surface area contributed by atoms with Gasteiger partial charge in [-0.05, 0) is 37.3 Å². The summed E-state index contributed by atoms with van der Waals surface area (Å²) in [5.74, 6) is 0.405. The van der Waals surface area contributed by atoms with Crippen LogP contribution in [0.25, 0.3) is 11.1 Å². The Kier molecular flexibility index (Phi) is 5.60. The van der Waals surface area contributed by atoms with Crippen LogP contribution in [-0.4, -0.2) is 51.8 Å². The number of aryl methyl sites for hydroxylation is 1. The molecule has 1 saturated carbocycles. The van der Waals surface area contributed by atoms with E-state index >= 15 is 0 Å². The predicted octanol–water partition coefficient (Wildman–Crippen LogP) is 2.78. The summed E-state index contributed by atoms with van der Waals surface area (Å²) >= 11 is 0. The number of amides is 1. The Morgan fingerprint density at radius 1 is 1.12 bits per heavy atom. The van der Waals surface area contributed by atoms with Gasteiger partial charge in [-0.1, -0.05) is 0 Å². The smallest absolute Gasteiger partial charge is 0.225 e. The number of pyridine rings is 1. The molecule has 168 valence electrons. The lowest BCUT2D eigenvalue weighted by molar-refractivity contribution is -0.137. The van der Waals surface area contributed by atoms with Gasteiger partial charge < -0.3 is 9.80 Å². The SMILES string of the molecule is Cn1cc(C2=C(C#N)c3c(N4CCN(C(=O)C5CCC(C#N)CC5)CC4)ccnc3C2)cn1. The number of anilines is 1. The number of nitrogens with zero attached hydrogens (tertiary/aromatic N) is 7. The number of allylic oxidation sites excluding steroid dienone is 2. The van der Waals surface area contributed by atoms with E-state index in [1.54, 1.807) is 10.9 Å². The number of nitriles is 2. The van der Waals surface area contributed by atoms with Gasteiger partial charge >= 0.3 is 0 Å². The Bertz CT molecular complexity index is 1180. The average Bonchev–Trinajstić information content (AvgIpc) is 3.46. The lowest BCUT2D eigenvalue weighted by atomic mass is 9.82. The fourth-order valence-electron chi connectivity index (χ4n) is 5.41. The number of rotatable bonds is 3. The Morgan fingerprint density at radius 2 is 1.88 bits per heavy atom. The van der Waals surface area contributed by atoms with E-state index in [1.807, 2.05) is 30.4 Å². The molecular weight excluding hydrogens is 414 g/mol. The number of carbonyl (C=O) groups excluding carboxylic acids is 1. The minimum absolute atomic E-state index is 0.0569. The van der Waals surface area contributed by atoms with Crippen molar-refractivity contribution in [2.24, 2.45) is 18.9 Å². The molecule has 0 unspecified atom stereocenters. The second kappa shape index (κ2) is 8.71. The summed E-state index contributed by atoms with van der Waals surface area (Å²) in [7, 11) is 1.87. The van der Waals surface area contributed by atoms with Gasteiger partial charge in [0.1, 0.15) is 6.07 Å². The summed E-state index contributed by atoms with van der Waals surface area (Å²) in [6.45, 7) is 2.82. The molecule has 0 radical (unpaired) electrons. The number of piperazine rings is 1. The van der Waals surface area contributed by atoms with Crippen LogP contribution in [0.5, 0.6) is 0 Å². The third kappa shape index (κ3) is 3.87. The van der Waals surface area contributed by atoms with Crippen molar-refractivity contribution in [2.75, 3.05) is 31.1 Å². The Labute approximate surface area is 193 Å². The van der Waals surface area contributed by atoms with Crippen molar-refractivity contribution >= 4 is 22.7 Å². The number of carbonyl (C=O) groups is 1. The summed E-state index contributed by atoms with van der Waals surface area (Å²) in [6.07, 6.45) is 9.49. The summed E-state index contributed by atoms with van der Waals surface area (Å²) in [6, 6.07) is 6.76. The van der Waals surface area contributed by atoms with Crippen LogP contribution < -0.4 is 4.90 Å². The molecule has 0 atom stereocenters. The standard InChI is InChI=1S/C25H27N7O/c1-30-16-19(15-29-30)20-12-22-24(21(20)14-27)23(6-7-28-22)31-8-10-32(11-9-31)25(33)18-4-2-17(13-26)3-5-18/h6-7,15-18H,2-5,8-12H2,1H3. The fraction of sp³-hybridized carbons (Fsp3) is 0.480. The molecule has 8 heteroatoms. The van der Waals surface area contributed by atoms with Gasteiger partial charge in [-0.3, -0.25) is 14.5 Å². The molecule has 5 rings (SSSR count). The second-order valence-corrected chi connectivity index (χ2v) is 9.19. The average molecular weight is 442 g/mol. The number of fused-ring (bicyclic) bond motifs is 1. The number of aromatic nitrogens is 3. The molecule has 33 heavy (non-hydrogen) atoms. The Hall–Kier alpha value is -3.65. The Morgan fingerprint density at radius 3 is 2.52 bits per heavy atom. The van der Waals surface area contributed by atoms with Crippen LogP contribution in [0, 0.1) is 34.5 Å². The quantitative estimate of drug-likeness (QED) is 0.726. The second-order valence-electron chi connectivity index (χ2n) is 9.19. The molecule has 3 aliphatic rings. The first-order chi connectivity index (χ1) is 16.1. The van der Waals surface area contributed by atoms with Crippen molar-refractivity contribution in [3.63, 3.8) is 0 Å². The number of hydrogen-bond donors (Lipinski definition) is 0. The minimum atomic E-state index is 0.0569. The van der Waals surface area contributed by atoms with Crippen LogP contribution in [0.3, 0.4) is 0 Å². The van der Waals surface area contributed by atoms with Crippen LogP contribution in [0.15, 0.2) is 24.7 Å². The molecule has 8 nitrogen and oxygen atoms in total. The van der Waals surface area contributed by atoms with E-state index in [0.717, 1.165) is 66.9 Å². The van der Waals surface area contributed by atoms with Gasteiger partial charge in [0.05, 0.1) is 23.5 Å². The lowest BCUT2D eigenvalue weighted by Gasteiger charge is -2.39. The maximum absolute atomic E-state index is 13.0. The molecule has 0 N–H and O–H groups in total. The predicted molar refractivity (Wildman–Crippen MR) is 123 cm³/mol. The zero-order chi connectivity index (χ0) is 22.9. The van der Waals surface area contributed by atoms with Crippen LogP contribution in [0.4, 0.5) is 5.69 Å². The molecule has 2 aromatic heterocycles. The van der Waals surface area contributed by atoms with Crippen molar-refractivity contribution in [2.45, 2.75) is 32.1 Å².